The molecule has 3 amide bonds. The minimum atomic E-state index is -1.40. The number of carbonyl (C=O) groups is 4. The first-order chi connectivity index (χ1) is 17.1. The molecule has 2 heterocycles. The van der Waals surface area contributed by atoms with Crippen molar-refractivity contribution in [2.75, 3.05) is 12.3 Å². The number of carboxylic acids is 1. The second kappa shape index (κ2) is 12.8. The van der Waals surface area contributed by atoms with Gasteiger partial charge in [0.1, 0.15) is 11.8 Å². The van der Waals surface area contributed by atoms with E-state index in [2.05, 4.69) is 21.3 Å². The lowest BCUT2D eigenvalue weighted by Gasteiger charge is -2.18. The number of carbonyl (C=O) groups excluding carboxylic acids is 3. The van der Waals surface area contributed by atoms with Crippen molar-refractivity contribution in [1.82, 2.24) is 21.3 Å². The molecule has 36 heavy (non-hydrogen) atoms. The standard InChI is InChI=1S/C23H24Cl2N4O6S/c1-12-28-18(11-36-12)21(31)27-10-17(23(33)34)29-22(32)20-15(24)7-13(8-16(20)25)9-26-19(30)5-4-14-3-2-6-35-14/h2-8,12,17-18,28H,9-11H2,1H3,(H,26,30)(H,27,31)(H,29,32)(H,33,34)/b5-4+/t12?,17-,18-/m0/s1. The van der Waals surface area contributed by atoms with E-state index in [9.17, 15) is 24.3 Å². The third-order valence-corrected chi connectivity index (χ3v) is 6.85. The summed E-state index contributed by atoms with van der Waals surface area (Å²) in [7, 11) is 0. The first-order valence-corrected chi connectivity index (χ1v) is 12.6. The molecule has 1 aliphatic heterocycles. The summed E-state index contributed by atoms with van der Waals surface area (Å²) in [5, 5.41) is 20.2. The van der Waals surface area contributed by atoms with E-state index in [4.69, 9.17) is 27.6 Å². The third-order valence-electron chi connectivity index (χ3n) is 5.09. The average molecular weight is 555 g/mol. The van der Waals surface area contributed by atoms with Gasteiger partial charge in [-0.25, -0.2) is 4.79 Å². The second-order valence-corrected chi connectivity index (χ2v) is 9.99. The van der Waals surface area contributed by atoms with Crippen molar-refractivity contribution in [2.24, 2.45) is 0 Å². The van der Waals surface area contributed by atoms with Crippen molar-refractivity contribution < 1.29 is 28.7 Å². The summed E-state index contributed by atoms with van der Waals surface area (Å²) in [4.78, 5) is 48.7. The number of hydrogen-bond acceptors (Lipinski definition) is 7. The van der Waals surface area contributed by atoms with Crippen LogP contribution >= 0.6 is 35.0 Å². The molecule has 192 valence electrons. The molecule has 0 bridgehead atoms. The molecule has 2 aromatic rings. The molecular weight excluding hydrogens is 531 g/mol. The fraction of sp³-hybridized carbons (Fsp3) is 0.304. The Morgan fingerprint density at radius 2 is 1.97 bits per heavy atom. The molecule has 0 radical (unpaired) electrons. The lowest BCUT2D eigenvalue weighted by Crippen LogP contribution is -2.52. The highest BCUT2D eigenvalue weighted by Crippen LogP contribution is 2.27. The van der Waals surface area contributed by atoms with Crippen molar-refractivity contribution in [3.05, 3.63) is 63.5 Å². The minimum absolute atomic E-state index is 0.0234. The van der Waals surface area contributed by atoms with Crippen molar-refractivity contribution in [3.63, 3.8) is 0 Å². The average Bonchev–Trinajstić information content (AvgIpc) is 3.50. The second-order valence-electron chi connectivity index (χ2n) is 7.81. The van der Waals surface area contributed by atoms with Gasteiger partial charge in [-0.1, -0.05) is 23.2 Å². The number of rotatable bonds is 10. The van der Waals surface area contributed by atoms with Gasteiger partial charge < -0.3 is 25.5 Å². The molecule has 3 atom stereocenters. The number of aliphatic carboxylic acids is 1. The van der Waals surface area contributed by atoms with E-state index in [1.807, 2.05) is 6.92 Å². The molecule has 1 aromatic carbocycles. The molecule has 1 fully saturated rings. The largest absolute Gasteiger partial charge is 0.480 e. The van der Waals surface area contributed by atoms with Gasteiger partial charge in [0.25, 0.3) is 5.91 Å². The molecule has 0 spiro atoms. The zero-order chi connectivity index (χ0) is 26.2. The van der Waals surface area contributed by atoms with Gasteiger partial charge in [-0.15, -0.1) is 11.8 Å². The maximum absolute atomic E-state index is 12.8. The van der Waals surface area contributed by atoms with Crippen LogP contribution in [-0.2, 0) is 20.9 Å². The van der Waals surface area contributed by atoms with Crippen LogP contribution in [0.5, 0.6) is 0 Å². The Morgan fingerprint density at radius 1 is 1.25 bits per heavy atom. The lowest BCUT2D eigenvalue weighted by atomic mass is 10.1. The van der Waals surface area contributed by atoms with Gasteiger partial charge in [0.2, 0.25) is 11.8 Å². The molecule has 5 N–H and O–H groups in total. The van der Waals surface area contributed by atoms with Gasteiger partial charge in [-0.05, 0) is 42.8 Å². The van der Waals surface area contributed by atoms with E-state index >= 15 is 0 Å². The van der Waals surface area contributed by atoms with Gasteiger partial charge in [0.15, 0.2) is 0 Å². The summed E-state index contributed by atoms with van der Waals surface area (Å²) in [6.45, 7) is 1.69. The Hall–Kier alpha value is -2.99. The van der Waals surface area contributed by atoms with Crippen molar-refractivity contribution >= 4 is 64.7 Å². The summed E-state index contributed by atoms with van der Waals surface area (Å²) in [6, 6.07) is 4.44. The van der Waals surface area contributed by atoms with Crippen LogP contribution in [-0.4, -0.2) is 58.6 Å². The first-order valence-electron chi connectivity index (χ1n) is 10.8. The zero-order valence-electron chi connectivity index (χ0n) is 19.0. The van der Waals surface area contributed by atoms with Gasteiger partial charge in [-0.2, -0.15) is 0 Å². The van der Waals surface area contributed by atoms with E-state index in [1.54, 1.807) is 23.9 Å². The molecule has 13 heteroatoms. The maximum Gasteiger partial charge on any atom is 0.328 e. The Kier molecular flexibility index (Phi) is 9.82. The van der Waals surface area contributed by atoms with Crippen molar-refractivity contribution in [2.45, 2.75) is 30.9 Å². The highest BCUT2D eigenvalue weighted by molar-refractivity contribution is 8.00. The first kappa shape index (κ1) is 27.6. The number of hydrogen-bond donors (Lipinski definition) is 5. The predicted octanol–water partition coefficient (Wildman–Crippen LogP) is 2.27. The molecule has 1 aliphatic rings. The Balaban J connectivity index is 1.57. The topological polar surface area (TPSA) is 150 Å². The van der Waals surface area contributed by atoms with Crippen molar-refractivity contribution in [1.29, 1.82) is 0 Å². The smallest absolute Gasteiger partial charge is 0.328 e. The monoisotopic (exact) mass is 554 g/mol. The molecule has 0 aliphatic carbocycles. The highest BCUT2D eigenvalue weighted by Gasteiger charge is 2.29. The fourth-order valence-corrected chi connectivity index (χ4v) is 4.96. The Labute approximate surface area is 221 Å². The van der Waals surface area contributed by atoms with Crippen LogP contribution in [0.25, 0.3) is 6.08 Å². The molecule has 1 unspecified atom stereocenters. The van der Waals surface area contributed by atoms with Crippen molar-refractivity contribution in [3.8, 4) is 0 Å². The molecule has 10 nitrogen and oxygen atoms in total. The van der Waals surface area contributed by atoms with Crippen LogP contribution in [0.4, 0.5) is 0 Å². The van der Waals surface area contributed by atoms with Crippen LogP contribution in [0.1, 0.15) is 28.6 Å². The summed E-state index contributed by atoms with van der Waals surface area (Å²) in [5.41, 5.74) is 0.408. The normalized spacial score (nSPS) is 18.1. The molecule has 0 saturated carbocycles. The fourth-order valence-electron chi connectivity index (χ4n) is 3.26. The number of furan rings is 1. The number of amides is 3. The highest BCUT2D eigenvalue weighted by atomic mass is 35.5. The van der Waals surface area contributed by atoms with Crippen LogP contribution in [0.2, 0.25) is 10.0 Å². The quantitative estimate of drug-likeness (QED) is 0.281. The van der Waals surface area contributed by atoms with E-state index in [-0.39, 0.29) is 45.9 Å². The molecule has 1 aromatic heterocycles. The van der Waals surface area contributed by atoms with Crippen LogP contribution in [0, 0.1) is 0 Å². The SMILES string of the molecule is CC1N[C@H](C(=O)NC[C@H](NC(=O)c2c(Cl)cc(CNC(=O)/C=C/c3ccco3)cc2Cl)C(=O)O)CS1. The van der Waals surface area contributed by atoms with E-state index in [1.165, 1.54) is 30.5 Å². The lowest BCUT2D eigenvalue weighted by molar-refractivity contribution is -0.139. The Morgan fingerprint density at radius 3 is 2.56 bits per heavy atom. The number of halogens is 2. The summed E-state index contributed by atoms with van der Waals surface area (Å²) in [6.07, 6.45) is 4.30. The van der Waals surface area contributed by atoms with Crippen LogP contribution < -0.4 is 21.3 Å². The molecule has 1 saturated heterocycles. The summed E-state index contributed by atoms with van der Waals surface area (Å²) in [5.74, 6) is -1.79. The maximum atomic E-state index is 12.8. The summed E-state index contributed by atoms with van der Waals surface area (Å²) >= 11 is 14.1. The van der Waals surface area contributed by atoms with E-state index < -0.39 is 24.0 Å². The van der Waals surface area contributed by atoms with E-state index in [0.29, 0.717) is 17.1 Å². The zero-order valence-corrected chi connectivity index (χ0v) is 21.4. The van der Waals surface area contributed by atoms with E-state index in [0.717, 1.165) is 0 Å². The van der Waals surface area contributed by atoms with Gasteiger partial charge in [0.05, 0.1) is 33.3 Å². The summed E-state index contributed by atoms with van der Waals surface area (Å²) < 4.78 is 5.11. The number of nitrogens with one attached hydrogen (secondary N) is 4. The van der Waals surface area contributed by atoms with Gasteiger partial charge in [0, 0.05) is 24.9 Å². The minimum Gasteiger partial charge on any atom is -0.480 e. The number of benzene rings is 1. The predicted molar refractivity (Wildman–Crippen MR) is 137 cm³/mol. The molecule has 3 rings (SSSR count). The van der Waals surface area contributed by atoms with Gasteiger partial charge >= 0.3 is 5.97 Å². The van der Waals surface area contributed by atoms with Crippen LogP contribution in [0.15, 0.2) is 41.0 Å². The number of thioether (sulfide) groups is 1. The third kappa shape index (κ3) is 7.76. The van der Waals surface area contributed by atoms with Gasteiger partial charge in [-0.3, -0.25) is 19.7 Å². The molecular formula is C23H24Cl2N4O6S. The Bertz CT molecular complexity index is 1130. The number of carboxylic acid groups (broad SMARTS) is 1. The van der Waals surface area contributed by atoms with Crippen LogP contribution in [0.3, 0.4) is 0 Å².